The van der Waals surface area contributed by atoms with Crippen LogP contribution in [0.2, 0.25) is 0 Å². The van der Waals surface area contributed by atoms with Gasteiger partial charge in [0, 0.05) is 31.0 Å². The highest BCUT2D eigenvalue weighted by Crippen LogP contribution is 2.14. The Bertz CT molecular complexity index is 897. The monoisotopic (exact) mass is 382 g/mol. The minimum atomic E-state index is -0.251. The van der Waals surface area contributed by atoms with E-state index >= 15 is 0 Å². The second kappa shape index (κ2) is 8.48. The Hall–Kier alpha value is -2.80. The van der Waals surface area contributed by atoms with Crippen LogP contribution in [0, 0.1) is 27.7 Å². The molecule has 1 atom stereocenters. The lowest BCUT2D eigenvalue weighted by molar-refractivity contribution is -0.0198. The van der Waals surface area contributed by atoms with E-state index < -0.39 is 0 Å². The normalized spacial score (nSPS) is 16.7. The average molecular weight is 382 g/mol. The van der Waals surface area contributed by atoms with Gasteiger partial charge in [0.15, 0.2) is 0 Å². The van der Waals surface area contributed by atoms with Gasteiger partial charge in [-0.3, -0.25) is 19.6 Å². The molecule has 0 saturated carbocycles. The van der Waals surface area contributed by atoms with E-state index in [1.54, 1.807) is 11.0 Å². The Labute approximate surface area is 165 Å². The van der Waals surface area contributed by atoms with E-state index in [-0.39, 0.29) is 17.9 Å². The lowest BCUT2D eigenvalue weighted by atomic mass is 10.1. The molecule has 2 aromatic rings. The van der Waals surface area contributed by atoms with E-state index in [2.05, 4.69) is 15.3 Å². The standard InChI is InChI=1S/C21H26N4O3/c1-13-5-7-18(15(3)23-13)20(26)22-11-17-12-25(9-10-28-17)21(27)19-8-6-14(2)24-16(19)4/h5-8,17H,9-12H2,1-4H3,(H,22,26). The molecule has 3 rings (SSSR count). The summed E-state index contributed by atoms with van der Waals surface area (Å²) in [6, 6.07) is 7.25. The first-order valence-corrected chi connectivity index (χ1v) is 9.42. The minimum Gasteiger partial charge on any atom is -0.373 e. The molecule has 3 heterocycles. The van der Waals surface area contributed by atoms with Crippen molar-refractivity contribution in [1.82, 2.24) is 20.2 Å². The summed E-state index contributed by atoms with van der Waals surface area (Å²) in [4.78, 5) is 35.7. The molecule has 1 saturated heterocycles. The van der Waals surface area contributed by atoms with E-state index in [9.17, 15) is 9.59 Å². The molecule has 1 aliphatic heterocycles. The number of rotatable bonds is 4. The first kappa shape index (κ1) is 19.9. The van der Waals surface area contributed by atoms with E-state index in [0.717, 1.165) is 17.1 Å². The number of aryl methyl sites for hydroxylation is 4. The number of amides is 2. The third-order valence-corrected chi connectivity index (χ3v) is 4.84. The zero-order valence-electron chi connectivity index (χ0n) is 16.8. The van der Waals surface area contributed by atoms with Gasteiger partial charge in [0.25, 0.3) is 11.8 Å². The molecule has 2 aromatic heterocycles. The third-order valence-electron chi connectivity index (χ3n) is 4.84. The van der Waals surface area contributed by atoms with Crippen molar-refractivity contribution in [1.29, 1.82) is 0 Å². The second-order valence-electron chi connectivity index (χ2n) is 7.13. The molecule has 148 valence electrons. The minimum absolute atomic E-state index is 0.0526. The number of ether oxygens (including phenoxy) is 1. The summed E-state index contributed by atoms with van der Waals surface area (Å²) in [5.74, 6) is -0.237. The topological polar surface area (TPSA) is 84.4 Å². The maximum atomic E-state index is 12.8. The number of aromatic nitrogens is 2. The predicted molar refractivity (Wildman–Crippen MR) is 105 cm³/mol. The number of carbonyl (C=O) groups is 2. The number of hydrogen-bond donors (Lipinski definition) is 1. The highest BCUT2D eigenvalue weighted by Gasteiger charge is 2.26. The van der Waals surface area contributed by atoms with Crippen molar-refractivity contribution in [3.63, 3.8) is 0 Å². The van der Waals surface area contributed by atoms with Gasteiger partial charge in [-0.25, -0.2) is 0 Å². The van der Waals surface area contributed by atoms with Crippen molar-refractivity contribution < 1.29 is 14.3 Å². The molecular weight excluding hydrogens is 356 g/mol. The first-order chi connectivity index (χ1) is 13.3. The second-order valence-corrected chi connectivity index (χ2v) is 7.13. The Morgan fingerprint density at radius 1 is 1.04 bits per heavy atom. The van der Waals surface area contributed by atoms with Gasteiger partial charge < -0.3 is 15.0 Å². The molecule has 0 aliphatic carbocycles. The van der Waals surface area contributed by atoms with Gasteiger partial charge in [-0.1, -0.05) is 0 Å². The van der Waals surface area contributed by atoms with Crippen molar-refractivity contribution in [2.75, 3.05) is 26.2 Å². The Kier molecular flexibility index (Phi) is 6.04. The molecule has 1 N–H and O–H groups in total. The van der Waals surface area contributed by atoms with Crippen LogP contribution in [-0.2, 0) is 4.74 Å². The van der Waals surface area contributed by atoms with Crippen molar-refractivity contribution in [2.45, 2.75) is 33.8 Å². The van der Waals surface area contributed by atoms with Crippen molar-refractivity contribution in [3.8, 4) is 0 Å². The molecule has 0 radical (unpaired) electrons. The number of hydrogen-bond acceptors (Lipinski definition) is 5. The lowest BCUT2D eigenvalue weighted by Crippen LogP contribution is -2.49. The van der Waals surface area contributed by atoms with Crippen LogP contribution < -0.4 is 5.32 Å². The van der Waals surface area contributed by atoms with E-state index in [4.69, 9.17) is 4.74 Å². The first-order valence-electron chi connectivity index (χ1n) is 9.42. The molecule has 7 heteroatoms. The summed E-state index contributed by atoms with van der Waals surface area (Å²) in [7, 11) is 0. The van der Waals surface area contributed by atoms with Crippen molar-refractivity contribution in [2.24, 2.45) is 0 Å². The van der Waals surface area contributed by atoms with Crippen molar-refractivity contribution >= 4 is 11.8 Å². The largest absolute Gasteiger partial charge is 0.373 e. The molecule has 7 nitrogen and oxygen atoms in total. The van der Waals surface area contributed by atoms with Gasteiger partial charge in [0.05, 0.1) is 35.2 Å². The van der Waals surface area contributed by atoms with Crippen LogP contribution in [0.25, 0.3) is 0 Å². The predicted octanol–water partition coefficient (Wildman–Crippen LogP) is 1.98. The van der Waals surface area contributed by atoms with Crippen LogP contribution >= 0.6 is 0 Å². The smallest absolute Gasteiger partial charge is 0.255 e. The molecule has 0 spiro atoms. The van der Waals surface area contributed by atoms with Gasteiger partial charge in [-0.2, -0.15) is 0 Å². The zero-order chi connectivity index (χ0) is 20.3. The summed E-state index contributed by atoms with van der Waals surface area (Å²) in [5, 5.41) is 2.89. The number of nitrogens with one attached hydrogen (secondary N) is 1. The van der Waals surface area contributed by atoms with Crippen LogP contribution in [0.5, 0.6) is 0 Å². The molecule has 28 heavy (non-hydrogen) atoms. The SMILES string of the molecule is Cc1ccc(C(=O)NCC2CN(C(=O)c3ccc(C)nc3C)CCO2)c(C)n1. The van der Waals surface area contributed by atoms with Gasteiger partial charge >= 0.3 is 0 Å². The molecular formula is C21H26N4O3. The summed E-state index contributed by atoms with van der Waals surface area (Å²) in [6.45, 7) is 9.18. The van der Waals surface area contributed by atoms with E-state index in [1.807, 2.05) is 45.9 Å². The van der Waals surface area contributed by atoms with Crippen molar-refractivity contribution in [3.05, 3.63) is 58.2 Å². The van der Waals surface area contributed by atoms with Gasteiger partial charge in [0.1, 0.15) is 0 Å². The maximum Gasteiger partial charge on any atom is 0.255 e. The Balaban J connectivity index is 1.60. The zero-order valence-corrected chi connectivity index (χ0v) is 16.8. The van der Waals surface area contributed by atoms with E-state index in [1.165, 1.54) is 0 Å². The molecule has 0 bridgehead atoms. The quantitative estimate of drug-likeness (QED) is 0.874. The Morgan fingerprint density at radius 3 is 2.25 bits per heavy atom. The molecule has 1 aliphatic rings. The molecule has 2 amide bonds. The maximum absolute atomic E-state index is 12.8. The number of morpholine rings is 1. The average Bonchev–Trinajstić information content (AvgIpc) is 2.66. The summed E-state index contributed by atoms with van der Waals surface area (Å²) in [5.41, 5.74) is 4.34. The van der Waals surface area contributed by atoms with Gasteiger partial charge in [-0.05, 0) is 52.0 Å². The lowest BCUT2D eigenvalue weighted by Gasteiger charge is -2.33. The number of nitrogens with zero attached hydrogens (tertiary/aromatic N) is 3. The summed E-state index contributed by atoms with van der Waals surface area (Å²) >= 11 is 0. The summed E-state index contributed by atoms with van der Waals surface area (Å²) in [6.07, 6.45) is -0.251. The van der Waals surface area contributed by atoms with Gasteiger partial charge in [0.2, 0.25) is 0 Å². The van der Waals surface area contributed by atoms with Crippen LogP contribution in [0.4, 0.5) is 0 Å². The van der Waals surface area contributed by atoms with Crippen LogP contribution in [0.1, 0.15) is 43.5 Å². The number of pyridine rings is 2. The fourth-order valence-corrected chi connectivity index (χ4v) is 3.34. The molecule has 1 unspecified atom stereocenters. The fourth-order valence-electron chi connectivity index (χ4n) is 3.34. The molecule has 1 fully saturated rings. The number of carbonyl (C=O) groups excluding carboxylic acids is 2. The van der Waals surface area contributed by atoms with Crippen LogP contribution in [0.15, 0.2) is 24.3 Å². The van der Waals surface area contributed by atoms with Gasteiger partial charge in [-0.15, -0.1) is 0 Å². The third kappa shape index (κ3) is 4.54. The van der Waals surface area contributed by atoms with Crippen LogP contribution in [-0.4, -0.2) is 59.0 Å². The highest BCUT2D eigenvalue weighted by atomic mass is 16.5. The Morgan fingerprint density at radius 2 is 1.64 bits per heavy atom. The fraction of sp³-hybridized carbons (Fsp3) is 0.429. The highest BCUT2D eigenvalue weighted by molar-refractivity contribution is 5.96. The van der Waals surface area contributed by atoms with Crippen LogP contribution in [0.3, 0.4) is 0 Å². The summed E-state index contributed by atoms with van der Waals surface area (Å²) < 4.78 is 5.74. The van der Waals surface area contributed by atoms with E-state index in [0.29, 0.717) is 43.1 Å². The molecule has 0 aromatic carbocycles.